The molecule has 4 amide bonds. The van der Waals surface area contributed by atoms with Crippen LogP contribution in [0.4, 0.5) is 0 Å². The number of aliphatic carboxylic acids is 4. The summed E-state index contributed by atoms with van der Waals surface area (Å²) in [4.78, 5) is 98.1. The van der Waals surface area contributed by atoms with E-state index in [4.69, 9.17) is 10.2 Å². The Hall–Kier alpha value is -3.99. The van der Waals surface area contributed by atoms with Crippen LogP contribution in [0.25, 0.3) is 0 Å². The van der Waals surface area contributed by atoms with Crippen molar-refractivity contribution >= 4 is 94.6 Å². The smallest absolute Gasteiger partial charge is 0.543 e. The summed E-state index contributed by atoms with van der Waals surface area (Å²) >= 11 is 4.44. The number of nitrogens with zero attached hydrogens (tertiary/aromatic N) is 10. The number of thioether (sulfide) groups is 4. The molecule has 8 rings (SSSR count). The van der Waals surface area contributed by atoms with Gasteiger partial charge in [0.25, 0.3) is 23.6 Å². The van der Waals surface area contributed by atoms with E-state index in [1.165, 1.54) is 72.1 Å². The van der Waals surface area contributed by atoms with Crippen molar-refractivity contribution in [1.82, 2.24) is 60.8 Å². The van der Waals surface area contributed by atoms with Crippen LogP contribution in [0.5, 0.6) is 11.5 Å². The van der Waals surface area contributed by atoms with E-state index in [9.17, 15) is 69.0 Å². The van der Waals surface area contributed by atoms with Crippen LogP contribution in [0.2, 0.25) is 0 Å². The summed E-state index contributed by atoms with van der Waals surface area (Å²) in [5, 5.41) is 106. The van der Waals surface area contributed by atoms with Crippen molar-refractivity contribution in [3.05, 3.63) is 82.2 Å². The number of carboxylic acids is 4. The molecule has 2 aromatic carbocycles. The molecule has 4 aromatic rings. The van der Waals surface area contributed by atoms with Crippen LogP contribution in [0.3, 0.4) is 0 Å². The molecular formula is C38H34K2N12O16S4. The van der Waals surface area contributed by atoms with E-state index in [1.807, 2.05) is 0 Å². The molecule has 8 N–H and O–H groups in total. The first-order valence-electron chi connectivity index (χ1n) is 19.9. The van der Waals surface area contributed by atoms with Gasteiger partial charge in [-0.25, -0.2) is 9.36 Å². The molecule has 0 spiro atoms. The number of aromatic nitrogens is 8. The van der Waals surface area contributed by atoms with E-state index >= 15 is 0 Å². The summed E-state index contributed by atoms with van der Waals surface area (Å²) < 4.78 is 2.09. The van der Waals surface area contributed by atoms with Gasteiger partial charge in [-0.15, -0.1) is 33.7 Å². The molecule has 0 radical (unpaired) electrons. The fourth-order valence-corrected chi connectivity index (χ4v) is 11.8. The normalized spacial score (nSPS) is 19.6. The minimum absolute atomic E-state index is 0. The van der Waals surface area contributed by atoms with E-state index in [-0.39, 0.29) is 170 Å². The number of fused-ring (bicyclic) bond motifs is 2. The predicted octanol–water partition coefficient (Wildman–Crippen LogP) is -10.6. The van der Waals surface area contributed by atoms with E-state index in [0.29, 0.717) is 11.1 Å². The van der Waals surface area contributed by atoms with Crippen LogP contribution in [-0.2, 0) is 51.4 Å². The SMILES string of the molecule is O=C(O)Cn1nnnc1SCC1=C(C(=O)[O-])N2C(=O)C(NC(=O)[C@H](O)c3cccc(O)c3)[C@H]2SC1.O=C(O)Cn1nnnc1SCC1=C(C(=O)[O-])N2C(=O)C(NC(=O)[C@H](O)c3cccc(O)c3)[C@H]2SC1.[K+].[K+]. The molecule has 2 unspecified atom stereocenters. The molecule has 28 nitrogen and oxygen atoms in total. The number of phenolic OH excluding ortho intramolecular Hbond substituents is 2. The Morgan fingerprint density at radius 3 is 1.38 bits per heavy atom. The van der Waals surface area contributed by atoms with Crippen molar-refractivity contribution in [2.24, 2.45) is 0 Å². The number of carboxylic acid groups (broad SMARTS) is 4. The van der Waals surface area contributed by atoms with Gasteiger partial charge in [0, 0.05) is 23.0 Å². The van der Waals surface area contributed by atoms with Gasteiger partial charge in [-0.05, 0) is 67.4 Å². The number of aromatic hydroxyl groups is 2. The molecule has 0 aliphatic carbocycles. The third-order valence-corrected chi connectivity index (χ3v) is 15.0. The molecule has 368 valence electrons. The summed E-state index contributed by atoms with van der Waals surface area (Å²) in [5.74, 6) is -8.38. The minimum atomic E-state index is -1.64. The molecule has 34 heteroatoms. The summed E-state index contributed by atoms with van der Waals surface area (Å²) in [6.45, 7) is -0.946. The van der Waals surface area contributed by atoms with Crippen LogP contribution >= 0.6 is 47.0 Å². The number of nitrogens with one attached hydrogen (secondary N) is 2. The Kier molecular flexibility index (Phi) is 21.3. The molecule has 72 heavy (non-hydrogen) atoms. The van der Waals surface area contributed by atoms with Crippen molar-refractivity contribution in [2.45, 2.75) is 58.4 Å². The zero-order valence-electron chi connectivity index (χ0n) is 37.2. The van der Waals surface area contributed by atoms with Crippen LogP contribution in [0.15, 0.2) is 81.4 Å². The maximum atomic E-state index is 12.8. The van der Waals surface area contributed by atoms with E-state index in [1.54, 1.807) is 0 Å². The second kappa shape index (κ2) is 26.0. The van der Waals surface area contributed by atoms with Crippen molar-refractivity contribution in [3.8, 4) is 11.5 Å². The van der Waals surface area contributed by atoms with Crippen LogP contribution < -0.4 is 124 Å². The largest absolute Gasteiger partial charge is 1.00 e. The number of rotatable bonds is 18. The molecule has 2 saturated heterocycles. The number of amides is 4. The average molecular weight is 1120 g/mol. The number of carbonyl (C=O) groups excluding carboxylic acids is 6. The summed E-state index contributed by atoms with van der Waals surface area (Å²) in [6, 6.07) is 8.80. The summed E-state index contributed by atoms with van der Waals surface area (Å²) in [5.41, 5.74) is 0.285. The topological polar surface area (TPSA) is 422 Å². The van der Waals surface area contributed by atoms with Crippen molar-refractivity contribution in [2.75, 3.05) is 23.0 Å². The van der Waals surface area contributed by atoms with Crippen molar-refractivity contribution < 1.29 is 182 Å². The fraction of sp³-hybridized carbons (Fsp3) is 0.316. The molecule has 6 atom stereocenters. The first-order chi connectivity index (χ1) is 33.3. The van der Waals surface area contributed by atoms with Gasteiger partial charge in [0.1, 0.15) is 47.4 Å². The number of hydrogen-bond donors (Lipinski definition) is 8. The minimum Gasteiger partial charge on any atom is -0.543 e. The Morgan fingerprint density at radius 2 is 1.04 bits per heavy atom. The maximum absolute atomic E-state index is 12.8. The summed E-state index contributed by atoms with van der Waals surface area (Å²) in [7, 11) is 0. The van der Waals surface area contributed by atoms with Crippen molar-refractivity contribution in [3.63, 3.8) is 0 Å². The Labute approximate surface area is 506 Å². The quantitative estimate of drug-likeness (QED) is 0.0260. The standard InChI is InChI=1S/2C19H18N6O8S2.2K/c2*26-10-3-1-2-8(4-10)14(29)15(30)20-12-16(31)25-13(18(32)33)9(6-34-17(12)25)7-35-19-21-22-23-24(19)5-11(27)28;;/h2*1-4,12,14,17,26,29H,5-7H2,(H,20,30)(H,27,28)(H,32,33);;/q;;2*+1/p-2/t2*12?,14-,17-;;/m11../s1. The maximum Gasteiger partial charge on any atom is 1.00 e. The number of tetrazole rings is 2. The van der Waals surface area contributed by atoms with Gasteiger partial charge in [0.2, 0.25) is 10.3 Å². The third kappa shape index (κ3) is 13.5. The van der Waals surface area contributed by atoms with Crippen LogP contribution in [-0.4, -0.2) is 174 Å². The monoisotopic (exact) mass is 1120 g/mol. The first-order valence-corrected chi connectivity index (χ1v) is 23.9. The van der Waals surface area contributed by atoms with Gasteiger partial charge in [-0.2, -0.15) is 0 Å². The van der Waals surface area contributed by atoms with Gasteiger partial charge in [-0.3, -0.25) is 38.6 Å². The fourth-order valence-electron chi connectivity index (χ4n) is 7.08. The number of aliphatic hydroxyl groups excluding tert-OH is 2. The molecule has 0 bridgehead atoms. The van der Waals surface area contributed by atoms with Gasteiger partial charge < -0.3 is 61.1 Å². The van der Waals surface area contributed by atoms with E-state index in [0.717, 1.165) is 42.7 Å². The molecule has 6 heterocycles. The van der Waals surface area contributed by atoms with Gasteiger partial charge >= 0.3 is 115 Å². The molecule has 4 aliphatic heterocycles. The Morgan fingerprint density at radius 1 is 0.667 bits per heavy atom. The molecule has 2 fully saturated rings. The van der Waals surface area contributed by atoms with Gasteiger partial charge in [0.15, 0.2) is 12.2 Å². The average Bonchev–Trinajstić information content (AvgIpc) is 3.97. The van der Waals surface area contributed by atoms with E-state index in [2.05, 4.69) is 41.7 Å². The number of carbonyl (C=O) groups is 8. The first kappa shape index (κ1) is 58.9. The second-order valence-electron chi connectivity index (χ2n) is 14.9. The number of phenols is 2. The number of benzene rings is 2. The second-order valence-corrected chi connectivity index (χ2v) is 19.0. The Balaban J connectivity index is 0.000000260. The predicted molar refractivity (Wildman–Crippen MR) is 233 cm³/mol. The van der Waals surface area contributed by atoms with Gasteiger partial charge in [-0.1, -0.05) is 47.8 Å². The zero-order valence-corrected chi connectivity index (χ0v) is 46.7. The summed E-state index contributed by atoms with van der Waals surface area (Å²) in [6.07, 6.45) is -3.28. The zero-order chi connectivity index (χ0) is 50.6. The molecule has 0 saturated carbocycles. The van der Waals surface area contributed by atoms with Crippen LogP contribution in [0.1, 0.15) is 23.3 Å². The molecular weight excluding hydrogens is 1090 g/mol. The number of hydrogen-bond acceptors (Lipinski definition) is 24. The number of aliphatic hydroxyl groups is 2. The third-order valence-electron chi connectivity index (χ3n) is 10.3. The molecule has 4 aliphatic rings. The van der Waals surface area contributed by atoms with Crippen molar-refractivity contribution in [1.29, 1.82) is 0 Å². The number of β-lactam (4-membered cyclic amide) rings is 2. The van der Waals surface area contributed by atoms with Gasteiger partial charge in [0.05, 0.1) is 23.3 Å². The Bertz CT molecular complexity index is 2670. The van der Waals surface area contributed by atoms with Crippen LogP contribution in [0, 0.1) is 0 Å². The molecule has 2 aromatic heterocycles. The van der Waals surface area contributed by atoms with E-state index < -0.39 is 95.6 Å².